The minimum Gasteiger partial charge on any atom is -0.508 e. The molecule has 0 atom stereocenters. The lowest BCUT2D eigenvalue weighted by Gasteiger charge is -2.21. The Labute approximate surface area is 266 Å². The van der Waals surface area contributed by atoms with Gasteiger partial charge in [-0.05, 0) is 80.3 Å². The molecule has 6 rings (SSSR count). The van der Waals surface area contributed by atoms with Gasteiger partial charge in [-0.3, -0.25) is 24.2 Å². The number of carbonyl (C=O) groups is 3. The standard InChI is InChI=1S/C36H35N5O5/c1-5-26-29(20-37-30(21-38-35(45)46-36(2,3)4)32(26)22-10-13-25(42)14-11-22)23-12-15-31-24(18-23)19-39-41(31)17-16-40-33(43)27-8-6-7-9-28(27)34(40)44/h6-15,18-20,42H,5,16-17,21H2,1-4H3,(H,38,45). The second-order valence-electron chi connectivity index (χ2n) is 12.2. The van der Waals surface area contributed by atoms with Crippen LogP contribution in [0.25, 0.3) is 33.2 Å². The number of carbonyl (C=O) groups excluding carboxylic acids is 3. The Kier molecular flexibility index (Phi) is 8.04. The molecule has 0 fully saturated rings. The van der Waals surface area contributed by atoms with Crippen molar-refractivity contribution in [1.29, 1.82) is 0 Å². The number of aromatic nitrogens is 3. The van der Waals surface area contributed by atoms with Crippen LogP contribution in [0.15, 0.2) is 79.1 Å². The van der Waals surface area contributed by atoms with Crippen LogP contribution in [-0.2, 0) is 24.2 Å². The molecule has 3 amide bonds. The van der Waals surface area contributed by atoms with E-state index >= 15 is 0 Å². The number of nitrogens with one attached hydrogen (secondary N) is 1. The zero-order valence-electron chi connectivity index (χ0n) is 26.2. The maximum atomic E-state index is 12.8. The van der Waals surface area contributed by atoms with Crippen LogP contribution in [0.4, 0.5) is 4.79 Å². The van der Waals surface area contributed by atoms with Gasteiger partial charge in [0.2, 0.25) is 0 Å². The number of amides is 3. The number of fused-ring (bicyclic) bond motifs is 2. The van der Waals surface area contributed by atoms with E-state index in [4.69, 9.17) is 9.72 Å². The van der Waals surface area contributed by atoms with Gasteiger partial charge in [-0.15, -0.1) is 0 Å². The maximum Gasteiger partial charge on any atom is 0.407 e. The topological polar surface area (TPSA) is 127 Å². The smallest absolute Gasteiger partial charge is 0.407 e. The number of pyridine rings is 1. The summed E-state index contributed by atoms with van der Waals surface area (Å²) >= 11 is 0. The highest BCUT2D eigenvalue weighted by atomic mass is 16.6. The average Bonchev–Trinajstić information content (AvgIpc) is 3.55. The fraction of sp³-hybridized carbons (Fsp3) is 0.250. The second-order valence-corrected chi connectivity index (χ2v) is 12.2. The summed E-state index contributed by atoms with van der Waals surface area (Å²) in [6, 6.07) is 19.9. The Bertz CT molecular complexity index is 1940. The molecule has 3 aromatic carbocycles. The number of imide groups is 1. The van der Waals surface area contributed by atoms with Crippen molar-refractivity contribution >= 4 is 28.8 Å². The van der Waals surface area contributed by atoms with Crippen molar-refractivity contribution in [2.24, 2.45) is 0 Å². The Hall–Kier alpha value is -5.51. The molecule has 0 saturated carbocycles. The van der Waals surface area contributed by atoms with Crippen molar-refractivity contribution in [3.05, 3.63) is 102 Å². The van der Waals surface area contributed by atoms with Crippen LogP contribution < -0.4 is 5.32 Å². The van der Waals surface area contributed by atoms with Crippen molar-refractivity contribution < 1.29 is 24.2 Å². The predicted molar refractivity (Wildman–Crippen MR) is 174 cm³/mol. The van der Waals surface area contributed by atoms with E-state index in [2.05, 4.69) is 23.4 Å². The van der Waals surface area contributed by atoms with Gasteiger partial charge in [0.05, 0.1) is 41.6 Å². The summed E-state index contributed by atoms with van der Waals surface area (Å²) in [5.41, 5.74) is 6.47. The third-order valence-corrected chi connectivity index (χ3v) is 7.94. The number of hydrogen-bond donors (Lipinski definition) is 2. The van der Waals surface area contributed by atoms with Crippen LogP contribution >= 0.6 is 0 Å². The zero-order chi connectivity index (χ0) is 32.6. The first-order valence-corrected chi connectivity index (χ1v) is 15.2. The van der Waals surface area contributed by atoms with E-state index in [0.29, 0.717) is 29.8 Å². The van der Waals surface area contributed by atoms with Crippen molar-refractivity contribution in [3.8, 4) is 28.0 Å². The first-order valence-electron chi connectivity index (χ1n) is 15.2. The number of aromatic hydroxyl groups is 1. The van der Waals surface area contributed by atoms with E-state index in [0.717, 1.165) is 38.7 Å². The highest BCUT2D eigenvalue weighted by Crippen LogP contribution is 2.36. The molecule has 1 aliphatic heterocycles. The van der Waals surface area contributed by atoms with Crippen LogP contribution in [0.5, 0.6) is 5.75 Å². The highest BCUT2D eigenvalue weighted by molar-refractivity contribution is 6.21. The predicted octanol–water partition coefficient (Wildman–Crippen LogP) is 6.35. The number of ether oxygens (including phenoxy) is 1. The van der Waals surface area contributed by atoms with E-state index in [1.165, 1.54) is 4.90 Å². The van der Waals surface area contributed by atoms with Gasteiger partial charge < -0.3 is 15.2 Å². The zero-order valence-corrected chi connectivity index (χ0v) is 26.2. The molecule has 1 aliphatic rings. The Balaban J connectivity index is 1.29. The molecular formula is C36H35N5O5. The Morgan fingerprint density at radius 1 is 0.891 bits per heavy atom. The lowest BCUT2D eigenvalue weighted by molar-refractivity contribution is 0.0521. The number of rotatable bonds is 8. The number of phenols is 1. The Morgan fingerprint density at radius 2 is 1.57 bits per heavy atom. The van der Waals surface area contributed by atoms with Crippen molar-refractivity contribution in [2.75, 3.05) is 6.54 Å². The maximum absolute atomic E-state index is 12.8. The number of nitrogens with zero attached hydrogens (tertiary/aromatic N) is 4. The summed E-state index contributed by atoms with van der Waals surface area (Å²) in [6.45, 7) is 8.24. The van der Waals surface area contributed by atoms with Crippen molar-refractivity contribution in [3.63, 3.8) is 0 Å². The first kappa shape index (κ1) is 30.5. The van der Waals surface area contributed by atoms with Gasteiger partial charge >= 0.3 is 6.09 Å². The molecule has 0 unspecified atom stereocenters. The summed E-state index contributed by atoms with van der Waals surface area (Å²) in [5, 5.41) is 18.2. The molecule has 2 aromatic heterocycles. The normalized spacial score (nSPS) is 12.9. The van der Waals surface area contributed by atoms with Crippen LogP contribution in [0.1, 0.15) is 59.7 Å². The van der Waals surface area contributed by atoms with Gasteiger partial charge in [-0.1, -0.05) is 37.3 Å². The van der Waals surface area contributed by atoms with Crippen LogP contribution in [0, 0.1) is 0 Å². The summed E-state index contributed by atoms with van der Waals surface area (Å²) in [5.74, 6) is -0.411. The van der Waals surface area contributed by atoms with Crippen molar-refractivity contribution in [1.82, 2.24) is 25.0 Å². The van der Waals surface area contributed by atoms with Crippen LogP contribution in [-0.4, -0.2) is 54.8 Å². The van der Waals surface area contributed by atoms with Crippen LogP contribution in [0.3, 0.4) is 0 Å². The van der Waals surface area contributed by atoms with Gasteiger partial charge in [0.1, 0.15) is 11.4 Å². The number of hydrogen-bond acceptors (Lipinski definition) is 7. The number of phenolic OH excluding ortho intramolecular Hbond substituents is 1. The molecule has 46 heavy (non-hydrogen) atoms. The SMILES string of the molecule is CCc1c(-c2ccc3c(cnn3CCN3C(=O)c4ccccc4C3=O)c2)cnc(CNC(=O)OC(C)(C)C)c1-c1ccc(O)cc1. The number of benzene rings is 3. The van der Waals surface area contributed by atoms with Crippen molar-refractivity contribution in [2.45, 2.75) is 52.8 Å². The molecule has 0 aliphatic carbocycles. The summed E-state index contributed by atoms with van der Waals surface area (Å²) in [4.78, 5) is 44.2. The fourth-order valence-corrected chi connectivity index (χ4v) is 5.85. The van der Waals surface area contributed by atoms with Gasteiger partial charge in [0.15, 0.2) is 0 Å². The molecule has 0 saturated heterocycles. The number of alkyl carbamates (subject to hydrolysis) is 1. The van der Waals surface area contributed by atoms with E-state index < -0.39 is 11.7 Å². The minimum atomic E-state index is -0.628. The van der Waals surface area contributed by atoms with E-state index in [1.807, 2.05) is 51.2 Å². The molecule has 10 heteroatoms. The molecule has 0 bridgehead atoms. The molecule has 0 radical (unpaired) electrons. The quantitative estimate of drug-likeness (QED) is 0.194. The van der Waals surface area contributed by atoms with E-state index in [9.17, 15) is 19.5 Å². The van der Waals surface area contributed by atoms with E-state index in [1.54, 1.807) is 47.3 Å². The Morgan fingerprint density at radius 3 is 2.22 bits per heavy atom. The molecular weight excluding hydrogens is 582 g/mol. The average molecular weight is 618 g/mol. The first-order chi connectivity index (χ1) is 22.0. The molecule has 2 N–H and O–H groups in total. The van der Waals surface area contributed by atoms with Gasteiger partial charge in [0.25, 0.3) is 11.8 Å². The van der Waals surface area contributed by atoms with E-state index in [-0.39, 0.29) is 30.7 Å². The third kappa shape index (κ3) is 5.93. The van der Waals surface area contributed by atoms with Crippen LogP contribution in [0.2, 0.25) is 0 Å². The molecule has 5 aromatic rings. The largest absolute Gasteiger partial charge is 0.508 e. The lowest BCUT2D eigenvalue weighted by atomic mass is 9.90. The fourth-order valence-electron chi connectivity index (χ4n) is 5.85. The molecule has 0 spiro atoms. The monoisotopic (exact) mass is 617 g/mol. The summed E-state index contributed by atoms with van der Waals surface area (Å²) in [6.07, 6.45) is 3.76. The van der Waals surface area contributed by atoms with Gasteiger partial charge in [-0.25, -0.2) is 4.79 Å². The highest BCUT2D eigenvalue weighted by Gasteiger charge is 2.34. The second kappa shape index (κ2) is 12.1. The third-order valence-electron chi connectivity index (χ3n) is 7.94. The van der Waals surface area contributed by atoms with Gasteiger partial charge in [0, 0.05) is 29.3 Å². The lowest BCUT2D eigenvalue weighted by Crippen LogP contribution is -2.33. The van der Waals surface area contributed by atoms with Gasteiger partial charge in [-0.2, -0.15) is 5.10 Å². The summed E-state index contributed by atoms with van der Waals surface area (Å²) in [7, 11) is 0. The summed E-state index contributed by atoms with van der Waals surface area (Å²) < 4.78 is 7.23. The molecule has 3 heterocycles. The molecule has 234 valence electrons. The molecule has 10 nitrogen and oxygen atoms in total. The minimum absolute atomic E-state index is 0.157.